The second kappa shape index (κ2) is 11.1. The number of nitriles is 1. The van der Waals surface area contributed by atoms with E-state index in [1.54, 1.807) is 29.6 Å². The third-order valence-corrected chi connectivity index (χ3v) is 7.91. The summed E-state index contributed by atoms with van der Waals surface area (Å²) < 4.78 is 13.2. The minimum Gasteiger partial charge on any atom is -0.497 e. The Labute approximate surface area is 226 Å². The predicted molar refractivity (Wildman–Crippen MR) is 150 cm³/mol. The molecule has 2 saturated heterocycles. The number of morpholine rings is 1. The summed E-state index contributed by atoms with van der Waals surface area (Å²) in [7, 11) is 1.61. The van der Waals surface area contributed by atoms with Gasteiger partial charge in [0.1, 0.15) is 27.5 Å². The molecule has 37 heavy (non-hydrogen) atoms. The highest BCUT2D eigenvalue weighted by molar-refractivity contribution is 8.26. The molecule has 2 aliphatic rings. The molecule has 0 aliphatic carbocycles. The number of thioether (sulfide) groups is 1. The summed E-state index contributed by atoms with van der Waals surface area (Å²) in [6.45, 7) is 9.56. The molecule has 0 radical (unpaired) electrons. The highest BCUT2D eigenvalue weighted by atomic mass is 32.2. The van der Waals surface area contributed by atoms with Crippen LogP contribution in [0.1, 0.15) is 43.0 Å². The molecule has 194 valence electrons. The Kier molecular flexibility index (Phi) is 8.07. The van der Waals surface area contributed by atoms with Gasteiger partial charge >= 0.3 is 0 Å². The molecule has 10 heteroatoms. The van der Waals surface area contributed by atoms with Crippen LogP contribution >= 0.6 is 24.0 Å². The molecule has 0 spiro atoms. The zero-order chi connectivity index (χ0) is 26.9. The summed E-state index contributed by atoms with van der Waals surface area (Å²) in [6.07, 6.45) is 1.72. The molecule has 3 heterocycles. The summed E-state index contributed by atoms with van der Waals surface area (Å²) >= 11 is 6.80. The number of thiocarbonyl (C=S) groups is 1. The number of pyridine rings is 1. The summed E-state index contributed by atoms with van der Waals surface area (Å²) in [5.41, 5.74) is 1.93. The zero-order valence-corrected chi connectivity index (χ0v) is 23.2. The van der Waals surface area contributed by atoms with Gasteiger partial charge in [-0.1, -0.05) is 36.1 Å². The van der Waals surface area contributed by atoms with Crippen LogP contribution in [0.4, 0.5) is 5.82 Å². The average molecular weight is 539 g/mol. The van der Waals surface area contributed by atoms with E-state index in [4.69, 9.17) is 21.7 Å². The van der Waals surface area contributed by atoms with Gasteiger partial charge in [0, 0.05) is 25.2 Å². The molecule has 1 aromatic carbocycles. The Balaban J connectivity index is 1.78. The maximum atomic E-state index is 13.5. The second-order valence-electron chi connectivity index (χ2n) is 9.18. The van der Waals surface area contributed by atoms with E-state index in [0.29, 0.717) is 52.3 Å². The SMILES string of the molecule is CCn1c(N2CC(C)OC(C)C2)c(C=C2SC(=S)N(Cc3ccc(OC)cc3)C2=O)c(C)c(C#N)c1=O. The van der Waals surface area contributed by atoms with Crippen molar-refractivity contribution in [3.8, 4) is 11.8 Å². The lowest BCUT2D eigenvalue weighted by Crippen LogP contribution is -2.48. The number of hydrogen-bond acceptors (Lipinski definition) is 8. The summed E-state index contributed by atoms with van der Waals surface area (Å²) in [5, 5.41) is 9.80. The molecule has 0 N–H and O–H groups in total. The van der Waals surface area contributed by atoms with Gasteiger partial charge in [-0.05, 0) is 57.0 Å². The lowest BCUT2D eigenvalue weighted by atomic mass is 10.0. The number of carbonyl (C=O) groups excluding carboxylic acids is 1. The first kappa shape index (κ1) is 26.9. The van der Waals surface area contributed by atoms with Crippen LogP contribution in [0.2, 0.25) is 0 Å². The maximum absolute atomic E-state index is 13.5. The number of methoxy groups -OCH3 is 1. The monoisotopic (exact) mass is 538 g/mol. The van der Waals surface area contributed by atoms with E-state index in [0.717, 1.165) is 11.3 Å². The molecule has 0 saturated carbocycles. The molecule has 2 fully saturated rings. The highest BCUT2D eigenvalue weighted by Gasteiger charge is 2.34. The zero-order valence-electron chi connectivity index (χ0n) is 21.6. The lowest BCUT2D eigenvalue weighted by Gasteiger charge is -2.39. The fourth-order valence-corrected chi connectivity index (χ4v) is 6.05. The van der Waals surface area contributed by atoms with Crippen molar-refractivity contribution in [1.29, 1.82) is 5.26 Å². The van der Waals surface area contributed by atoms with E-state index in [-0.39, 0.29) is 29.2 Å². The molecule has 1 amide bonds. The number of anilines is 1. The first-order valence-electron chi connectivity index (χ1n) is 12.1. The minimum atomic E-state index is -0.325. The standard InChI is InChI=1S/C27H30N4O4S2/c1-6-30-24(29-13-16(2)35-17(3)14-29)21(18(4)22(12-28)25(30)32)11-23-26(33)31(27(36)37-23)15-19-7-9-20(34-5)10-8-19/h7-11,16-17H,6,13-15H2,1-5H3. The molecule has 1 aromatic heterocycles. The number of hydrogen-bond donors (Lipinski definition) is 0. The van der Waals surface area contributed by atoms with Crippen molar-refractivity contribution in [1.82, 2.24) is 9.47 Å². The van der Waals surface area contributed by atoms with Gasteiger partial charge < -0.3 is 14.4 Å². The minimum absolute atomic E-state index is 0.0318. The molecule has 0 bridgehead atoms. The van der Waals surface area contributed by atoms with Crippen molar-refractivity contribution in [3.05, 3.63) is 61.8 Å². The lowest BCUT2D eigenvalue weighted by molar-refractivity contribution is -0.122. The van der Waals surface area contributed by atoms with E-state index in [2.05, 4.69) is 11.0 Å². The number of aromatic nitrogens is 1. The van der Waals surface area contributed by atoms with Crippen LogP contribution in [-0.2, 0) is 22.6 Å². The van der Waals surface area contributed by atoms with Crippen molar-refractivity contribution in [2.75, 3.05) is 25.1 Å². The van der Waals surface area contributed by atoms with Crippen LogP contribution in [0.3, 0.4) is 0 Å². The van der Waals surface area contributed by atoms with E-state index < -0.39 is 0 Å². The van der Waals surface area contributed by atoms with Crippen LogP contribution < -0.4 is 15.2 Å². The van der Waals surface area contributed by atoms with Gasteiger partial charge in [-0.2, -0.15) is 5.26 Å². The van der Waals surface area contributed by atoms with E-state index in [9.17, 15) is 14.9 Å². The van der Waals surface area contributed by atoms with Crippen molar-refractivity contribution in [2.45, 2.75) is 53.0 Å². The number of benzene rings is 1. The van der Waals surface area contributed by atoms with Gasteiger partial charge in [0.25, 0.3) is 11.5 Å². The normalized spacial score (nSPS) is 21.0. The number of carbonyl (C=O) groups is 1. The van der Waals surface area contributed by atoms with Gasteiger partial charge in [0.05, 0.1) is 30.8 Å². The summed E-state index contributed by atoms with van der Waals surface area (Å²) in [4.78, 5) is 30.9. The Morgan fingerprint density at radius 2 is 1.86 bits per heavy atom. The number of nitrogens with zero attached hydrogens (tertiary/aromatic N) is 4. The molecule has 2 aromatic rings. The number of amides is 1. The van der Waals surface area contributed by atoms with Crippen LogP contribution in [-0.4, -0.2) is 52.1 Å². The molecular weight excluding hydrogens is 508 g/mol. The fraction of sp³-hybridized carbons (Fsp3) is 0.407. The van der Waals surface area contributed by atoms with Crippen molar-refractivity contribution < 1.29 is 14.3 Å². The largest absolute Gasteiger partial charge is 0.497 e. The molecule has 8 nitrogen and oxygen atoms in total. The van der Waals surface area contributed by atoms with Crippen molar-refractivity contribution in [3.63, 3.8) is 0 Å². The van der Waals surface area contributed by atoms with E-state index in [1.165, 1.54) is 11.8 Å². The van der Waals surface area contributed by atoms with Gasteiger partial charge in [0.2, 0.25) is 0 Å². The van der Waals surface area contributed by atoms with Crippen LogP contribution in [0.25, 0.3) is 6.08 Å². The third-order valence-electron chi connectivity index (χ3n) is 6.53. The maximum Gasteiger partial charge on any atom is 0.270 e. The summed E-state index contributed by atoms with van der Waals surface area (Å²) in [5.74, 6) is 1.24. The molecule has 4 rings (SSSR count). The highest BCUT2D eigenvalue weighted by Crippen LogP contribution is 2.37. The van der Waals surface area contributed by atoms with E-state index >= 15 is 0 Å². The first-order chi connectivity index (χ1) is 17.7. The Hall–Kier alpha value is -3.13. The number of ether oxygens (including phenoxy) is 2. The fourth-order valence-electron chi connectivity index (χ4n) is 4.81. The quantitative estimate of drug-likeness (QED) is 0.402. The molecule has 2 aliphatic heterocycles. The Morgan fingerprint density at radius 1 is 1.22 bits per heavy atom. The molecule has 2 atom stereocenters. The van der Waals surface area contributed by atoms with Crippen LogP contribution in [0, 0.1) is 18.3 Å². The topological polar surface area (TPSA) is 87.8 Å². The van der Waals surface area contributed by atoms with Gasteiger partial charge in [-0.3, -0.25) is 19.1 Å². The predicted octanol–water partition coefficient (Wildman–Crippen LogP) is 4.07. The van der Waals surface area contributed by atoms with Gasteiger partial charge in [0.15, 0.2) is 0 Å². The van der Waals surface area contributed by atoms with Gasteiger partial charge in [-0.25, -0.2) is 0 Å². The third kappa shape index (κ3) is 5.30. The Bertz CT molecular complexity index is 1350. The van der Waals surface area contributed by atoms with Crippen LogP contribution in [0.5, 0.6) is 5.75 Å². The molecule has 2 unspecified atom stereocenters. The van der Waals surface area contributed by atoms with Crippen molar-refractivity contribution >= 4 is 46.1 Å². The van der Waals surface area contributed by atoms with Crippen LogP contribution in [0.15, 0.2) is 34.0 Å². The Morgan fingerprint density at radius 3 is 2.43 bits per heavy atom. The summed E-state index contributed by atoms with van der Waals surface area (Å²) in [6, 6.07) is 9.58. The average Bonchev–Trinajstić information content (AvgIpc) is 3.12. The number of rotatable bonds is 6. The van der Waals surface area contributed by atoms with E-state index in [1.807, 2.05) is 45.0 Å². The second-order valence-corrected chi connectivity index (χ2v) is 10.9. The molecular formula is C27H30N4O4S2. The first-order valence-corrected chi connectivity index (χ1v) is 13.4. The van der Waals surface area contributed by atoms with Gasteiger partial charge in [-0.15, -0.1) is 0 Å². The van der Waals surface area contributed by atoms with Crippen molar-refractivity contribution in [2.24, 2.45) is 0 Å². The smallest absolute Gasteiger partial charge is 0.270 e.